The highest BCUT2D eigenvalue weighted by Crippen LogP contribution is 2.09. The van der Waals surface area contributed by atoms with Crippen LogP contribution in [-0.2, 0) is 11.3 Å². The molecule has 1 rings (SSSR count). The number of hydrogen-bond donors (Lipinski definition) is 0. The fourth-order valence-corrected chi connectivity index (χ4v) is 1.60. The van der Waals surface area contributed by atoms with Crippen LogP contribution in [-0.4, -0.2) is 53.7 Å². The monoisotopic (exact) mass is 279 g/mol. The SMILES string of the molecule is CN(CCN(C)C(=O)OC(C)(C)C)Cc1ccccn1. The molecular formula is C15H25N3O2. The molecule has 5 nitrogen and oxygen atoms in total. The third-order valence-corrected chi connectivity index (χ3v) is 2.68. The van der Waals surface area contributed by atoms with E-state index in [4.69, 9.17) is 4.74 Å². The zero-order chi connectivity index (χ0) is 15.2. The fraction of sp³-hybridized carbons (Fsp3) is 0.600. The predicted octanol–water partition coefficient (Wildman–Crippen LogP) is 2.38. The van der Waals surface area contributed by atoms with Crippen molar-refractivity contribution in [2.24, 2.45) is 0 Å². The third-order valence-electron chi connectivity index (χ3n) is 2.68. The summed E-state index contributed by atoms with van der Waals surface area (Å²) in [6.07, 6.45) is 1.50. The molecule has 0 radical (unpaired) electrons. The first-order valence-electron chi connectivity index (χ1n) is 6.80. The number of ether oxygens (including phenoxy) is 1. The summed E-state index contributed by atoms with van der Waals surface area (Å²) in [7, 11) is 3.76. The van der Waals surface area contributed by atoms with Gasteiger partial charge in [-0.25, -0.2) is 4.79 Å². The van der Waals surface area contributed by atoms with E-state index in [0.29, 0.717) is 6.54 Å². The molecule has 1 amide bonds. The van der Waals surface area contributed by atoms with E-state index >= 15 is 0 Å². The summed E-state index contributed by atoms with van der Waals surface area (Å²) in [6, 6.07) is 5.87. The Morgan fingerprint density at radius 3 is 2.50 bits per heavy atom. The van der Waals surface area contributed by atoms with Crippen LogP contribution in [0.15, 0.2) is 24.4 Å². The van der Waals surface area contributed by atoms with E-state index in [1.807, 2.05) is 46.0 Å². The van der Waals surface area contributed by atoms with Crippen molar-refractivity contribution in [3.05, 3.63) is 30.1 Å². The van der Waals surface area contributed by atoms with Crippen molar-refractivity contribution in [3.8, 4) is 0 Å². The second-order valence-corrected chi connectivity index (χ2v) is 5.96. The van der Waals surface area contributed by atoms with E-state index in [0.717, 1.165) is 18.8 Å². The summed E-state index contributed by atoms with van der Waals surface area (Å²) >= 11 is 0. The van der Waals surface area contributed by atoms with E-state index in [1.165, 1.54) is 0 Å². The van der Waals surface area contributed by atoms with Crippen molar-refractivity contribution in [1.82, 2.24) is 14.8 Å². The third kappa shape index (κ3) is 6.52. The summed E-state index contributed by atoms with van der Waals surface area (Å²) in [5.41, 5.74) is 0.570. The van der Waals surface area contributed by atoms with Gasteiger partial charge in [-0.15, -0.1) is 0 Å². The Morgan fingerprint density at radius 2 is 1.95 bits per heavy atom. The molecular weight excluding hydrogens is 254 g/mol. The van der Waals surface area contributed by atoms with Gasteiger partial charge in [-0.1, -0.05) is 6.07 Å². The first-order chi connectivity index (χ1) is 9.28. The number of pyridine rings is 1. The van der Waals surface area contributed by atoms with Crippen molar-refractivity contribution < 1.29 is 9.53 Å². The van der Waals surface area contributed by atoms with Crippen LogP contribution in [0.2, 0.25) is 0 Å². The van der Waals surface area contributed by atoms with Gasteiger partial charge in [-0.05, 0) is 40.0 Å². The average molecular weight is 279 g/mol. The largest absolute Gasteiger partial charge is 0.444 e. The molecule has 5 heteroatoms. The highest BCUT2D eigenvalue weighted by molar-refractivity contribution is 5.67. The molecule has 1 aromatic heterocycles. The lowest BCUT2D eigenvalue weighted by Crippen LogP contribution is -2.38. The zero-order valence-electron chi connectivity index (χ0n) is 13.1. The Morgan fingerprint density at radius 1 is 1.25 bits per heavy atom. The van der Waals surface area contributed by atoms with Crippen LogP contribution in [0.25, 0.3) is 0 Å². The highest BCUT2D eigenvalue weighted by atomic mass is 16.6. The van der Waals surface area contributed by atoms with Gasteiger partial charge >= 0.3 is 6.09 Å². The van der Waals surface area contributed by atoms with Gasteiger partial charge in [0.15, 0.2) is 0 Å². The number of nitrogens with zero attached hydrogens (tertiary/aromatic N) is 3. The quantitative estimate of drug-likeness (QED) is 0.830. The molecule has 0 spiro atoms. The van der Waals surface area contributed by atoms with Gasteiger partial charge in [-0.2, -0.15) is 0 Å². The fourth-order valence-electron chi connectivity index (χ4n) is 1.60. The molecule has 0 saturated carbocycles. The Balaban J connectivity index is 2.33. The molecule has 0 fully saturated rings. The Bertz CT molecular complexity index is 415. The van der Waals surface area contributed by atoms with Crippen LogP contribution in [0.4, 0.5) is 4.79 Å². The topological polar surface area (TPSA) is 45.7 Å². The maximum Gasteiger partial charge on any atom is 0.410 e. The summed E-state index contributed by atoms with van der Waals surface area (Å²) in [4.78, 5) is 19.8. The highest BCUT2D eigenvalue weighted by Gasteiger charge is 2.19. The molecule has 1 heterocycles. The van der Waals surface area contributed by atoms with Crippen molar-refractivity contribution in [1.29, 1.82) is 0 Å². The molecule has 0 N–H and O–H groups in total. The van der Waals surface area contributed by atoms with Crippen molar-refractivity contribution in [3.63, 3.8) is 0 Å². The second kappa shape index (κ2) is 7.24. The molecule has 0 atom stereocenters. The Kier molecular flexibility index (Phi) is 5.95. The maximum atomic E-state index is 11.8. The Hall–Kier alpha value is -1.62. The molecule has 0 aliphatic carbocycles. The number of carbonyl (C=O) groups is 1. The van der Waals surface area contributed by atoms with Crippen LogP contribution in [0.5, 0.6) is 0 Å². The Labute approximate surface area is 121 Å². The summed E-state index contributed by atoms with van der Waals surface area (Å²) in [6.45, 7) is 7.76. The van der Waals surface area contributed by atoms with Crippen LogP contribution in [0, 0.1) is 0 Å². The molecule has 0 saturated heterocycles. The van der Waals surface area contributed by atoms with Crippen LogP contribution < -0.4 is 0 Å². The second-order valence-electron chi connectivity index (χ2n) is 5.96. The van der Waals surface area contributed by atoms with Gasteiger partial charge in [0.1, 0.15) is 5.60 Å². The van der Waals surface area contributed by atoms with Gasteiger partial charge in [0.05, 0.1) is 5.69 Å². The summed E-state index contributed by atoms with van der Waals surface area (Å²) < 4.78 is 5.31. The van der Waals surface area contributed by atoms with Crippen LogP contribution >= 0.6 is 0 Å². The van der Waals surface area contributed by atoms with Gasteiger partial charge in [0.25, 0.3) is 0 Å². The molecule has 0 aliphatic rings. The lowest BCUT2D eigenvalue weighted by Gasteiger charge is -2.26. The number of likely N-dealkylation sites (N-methyl/N-ethyl adjacent to an activating group) is 2. The minimum atomic E-state index is -0.453. The standard InChI is InChI=1S/C15H25N3O2/c1-15(2,3)20-14(19)18(5)11-10-17(4)12-13-8-6-7-9-16-13/h6-9H,10-12H2,1-5H3. The molecule has 1 aromatic rings. The normalized spacial score (nSPS) is 11.5. The first-order valence-corrected chi connectivity index (χ1v) is 6.80. The lowest BCUT2D eigenvalue weighted by molar-refractivity contribution is 0.0286. The minimum Gasteiger partial charge on any atom is -0.444 e. The van der Waals surface area contributed by atoms with E-state index in [2.05, 4.69) is 9.88 Å². The van der Waals surface area contributed by atoms with Crippen LogP contribution in [0.1, 0.15) is 26.5 Å². The number of hydrogen-bond acceptors (Lipinski definition) is 4. The van der Waals surface area contributed by atoms with E-state index < -0.39 is 5.60 Å². The van der Waals surface area contributed by atoms with Crippen molar-refractivity contribution >= 4 is 6.09 Å². The predicted molar refractivity (Wildman–Crippen MR) is 79.4 cm³/mol. The molecule has 112 valence electrons. The summed E-state index contributed by atoms with van der Waals surface area (Å²) in [5.74, 6) is 0. The molecule has 0 aliphatic heterocycles. The van der Waals surface area contributed by atoms with Crippen LogP contribution in [0.3, 0.4) is 0 Å². The number of carbonyl (C=O) groups excluding carboxylic acids is 1. The molecule has 0 aromatic carbocycles. The first kappa shape index (κ1) is 16.4. The van der Waals surface area contributed by atoms with E-state index in [-0.39, 0.29) is 6.09 Å². The van der Waals surface area contributed by atoms with Gasteiger partial charge in [-0.3, -0.25) is 9.88 Å². The molecule has 0 bridgehead atoms. The average Bonchev–Trinajstić information content (AvgIpc) is 2.35. The smallest absolute Gasteiger partial charge is 0.410 e. The van der Waals surface area contributed by atoms with Gasteiger partial charge in [0.2, 0.25) is 0 Å². The molecule has 0 unspecified atom stereocenters. The van der Waals surface area contributed by atoms with Crippen molar-refractivity contribution in [2.45, 2.75) is 32.9 Å². The van der Waals surface area contributed by atoms with Crippen molar-refractivity contribution in [2.75, 3.05) is 27.2 Å². The number of rotatable bonds is 5. The number of amides is 1. The number of aromatic nitrogens is 1. The maximum absolute atomic E-state index is 11.8. The zero-order valence-corrected chi connectivity index (χ0v) is 13.1. The minimum absolute atomic E-state index is 0.288. The van der Waals surface area contributed by atoms with E-state index in [1.54, 1.807) is 18.1 Å². The lowest BCUT2D eigenvalue weighted by atomic mass is 10.2. The van der Waals surface area contributed by atoms with Gasteiger partial charge < -0.3 is 9.64 Å². The molecule has 20 heavy (non-hydrogen) atoms. The van der Waals surface area contributed by atoms with Gasteiger partial charge in [0, 0.05) is 32.9 Å². The summed E-state index contributed by atoms with van der Waals surface area (Å²) in [5, 5.41) is 0. The van der Waals surface area contributed by atoms with E-state index in [9.17, 15) is 4.79 Å².